The second kappa shape index (κ2) is 9.67. The van der Waals surface area contributed by atoms with Crippen LogP contribution in [0.1, 0.15) is 11.1 Å². The fourth-order valence-electron chi connectivity index (χ4n) is 3.00. The van der Waals surface area contributed by atoms with Crippen LogP contribution in [-0.2, 0) is 11.4 Å². The highest BCUT2D eigenvalue weighted by Crippen LogP contribution is 2.39. The molecule has 9 heteroatoms. The molecule has 3 aromatic carbocycles. The number of hydrogen-bond acceptors (Lipinski definition) is 4. The minimum absolute atomic E-state index is 0.00429. The number of hydrogen-bond donors (Lipinski definition) is 0. The van der Waals surface area contributed by atoms with Crippen LogP contribution >= 0.6 is 50.9 Å². The highest BCUT2D eigenvalue weighted by Gasteiger charge is 2.36. The monoisotopic (exact) mass is 551 g/mol. The quantitative estimate of drug-likeness (QED) is 0.304. The summed E-state index contributed by atoms with van der Waals surface area (Å²) in [5.74, 6) is -0.455. The predicted molar refractivity (Wildman–Crippen MR) is 130 cm³/mol. The van der Waals surface area contributed by atoms with Crippen LogP contribution in [0.15, 0.2) is 70.0 Å². The van der Waals surface area contributed by atoms with Gasteiger partial charge in [-0.2, -0.15) is 0 Å². The fourth-order valence-corrected chi connectivity index (χ4v) is 4.95. The Morgan fingerprint density at radius 3 is 2.47 bits per heavy atom. The minimum Gasteiger partial charge on any atom is -0.486 e. The van der Waals surface area contributed by atoms with Gasteiger partial charge in [-0.1, -0.05) is 41.4 Å². The molecule has 1 aliphatic rings. The second-order valence-electron chi connectivity index (χ2n) is 6.69. The summed E-state index contributed by atoms with van der Waals surface area (Å²) in [6.07, 6.45) is 1.58. The number of amides is 2. The zero-order valence-corrected chi connectivity index (χ0v) is 20.1. The number of nitrogens with zero attached hydrogens (tertiary/aromatic N) is 1. The molecule has 0 spiro atoms. The number of imide groups is 1. The largest absolute Gasteiger partial charge is 0.486 e. The Bertz CT molecular complexity index is 1230. The Kier molecular flexibility index (Phi) is 6.90. The maximum atomic E-state index is 13.8. The van der Waals surface area contributed by atoms with E-state index in [9.17, 15) is 14.0 Å². The molecule has 2 amide bonds. The smallest absolute Gasteiger partial charge is 0.298 e. The fraction of sp³-hybridized carbons (Fsp3) is 0.0435. The van der Waals surface area contributed by atoms with E-state index in [4.69, 9.17) is 27.9 Å². The topological polar surface area (TPSA) is 46.6 Å². The molecule has 0 saturated carbocycles. The van der Waals surface area contributed by atoms with E-state index in [0.717, 1.165) is 16.7 Å². The third-order valence-electron chi connectivity index (χ3n) is 4.53. The van der Waals surface area contributed by atoms with Crippen molar-refractivity contribution in [3.8, 4) is 5.75 Å². The van der Waals surface area contributed by atoms with Gasteiger partial charge in [0, 0.05) is 10.6 Å². The second-order valence-corrected chi connectivity index (χ2v) is 9.38. The van der Waals surface area contributed by atoms with Gasteiger partial charge in [0.15, 0.2) is 5.75 Å². The van der Waals surface area contributed by atoms with Crippen LogP contribution in [0.25, 0.3) is 6.08 Å². The average molecular weight is 553 g/mol. The van der Waals surface area contributed by atoms with Gasteiger partial charge in [0.2, 0.25) is 0 Å². The minimum atomic E-state index is -0.436. The van der Waals surface area contributed by atoms with E-state index in [1.165, 1.54) is 6.07 Å². The van der Waals surface area contributed by atoms with Crippen molar-refractivity contribution in [2.45, 2.75) is 6.61 Å². The van der Waals surface area contributed by atoms with Gasteiger partial charge in [0.1, 0.15) is 12.4 Å². The molecule has 0 atom stereocenters. The molecule has 0 radical (unpaired) electrons. The summed E-state index contributed by atoms with van der Waals surface area (Å²) in [4.78, 5) is 26.6. The van der Waals surface area contributed by atoms with E-state index < -0.39 is 11.1 Å². The molecule has 162 valence electrons. The van der Waals surface area contributed by atoms with Crippen LogP contribution < -0.4 is 9.64 Å². The van der Waals surface area contributed by atoms with Crippen LogP contribution in [0.2, 0.25) is 10.0 Å². The van der Waals surface area contributed by atoms with E-state index >= 15 is 0 Å². The van der Waals surface area contributed by atoms with Crippen molar-refractivity contribution in [2.24, 2.45) is 0 Å². The molecule has 4 nitrogen and oxygen atoms in total. The molecule has 0 bridgehead atoms. The van der Waals surface area contributed by atoms with E-state index in [-0.39, 0.29) is 22.4 Å². The summed E-state index contributed by atoms with van der Waals surface area (Å²) in [5.41, 5.74) is 1.44. The van der Waals surface area contributed by atoms with E-state index in [1.54, 1.807) is 60.7 Å². The van der Waals surface area contributed by atoms with Crippen molar-refractivity contribution in [3.63, 3.8) is 0 Å². The first-order chi connectivity index (χ1) is 15.3. The van der Waals surface area contributed by atoms with Crippen molar-refractivity contribution >= 4 is 73.8 Å². The van der Waals surface area contributed by atoms with Crippen LogP contribution in [0.4, 0.5) is 14.9 Å². The third kappa shape index (κ3) is 4.86. The van der Waals surface area contributed by atoms with Gasteiger partial charge < -0.3 is 4.74 Å². The number of carbonyl (C=O) groups is 2. The molecule has 0 N–H and O–H groups in total. The van der Waals surface area contributed by atoms with Gasteiger partial charge in [0.05, 0.1) is 20.1 Å². The van der Waals surface area contributed by atoms with E-state index in [0.29, 0.717) is 32.1 Å². The molecule has 0 unspecified atom stereocenters. The summed E-state index contributed by atoms with van der Waals surface area (Å²) in [7, 11) is 0. The molecule has 3 aromatic rings. The van der Waals surface area contributed by atoms with E-state index in [1.807, 2.05) is 0 Å². The van der Waals surface area contributed by atoms with Gasteiger partial charge >= 0.3 is 0 Å². The predicted octanol–water partition coefficient (Wildman–Crippen LogP) is 7.71. The number of halogens is 4. The highest BCUT2D eigenvalue weighted by atomic mass is 79.9. The maximum absolute atomic E-state index is 13.8. The molecular weight excluding hydrogens is 540 g/mol. The third-order valence-corrected chi connectivity index (χ3v) is 6.52. The average Bonchev–Trinajstić information content (AvgIpc) is 3.02. The molecule has 1 saturated heterocycles. The SMILES string of the molecule is O=C1S/C(=C/c2cc(Cl)c(OCc3ccccc3F)c(Br)c2)C(=O)N1c1ccc(Cl)cc1. The van der Waals surface area contributed by atoms with Gasteiger partial charge in [-0.25, -0.2) is 9.29 Å². The lowest BCUT2D eigenvalue weighted by Crippen LogP contribution is -2.27. The first kappa shape index (κ1) is 22.9. The van der Waals surface area contributed by atoms with Gasteiger partial charge in [-0.05, 0) is 81.8 Å². The Morgan fingerprint density at radius 2 is 1.78 bits per heavy atom. The van der Waals surface area contributed by atoms with Gasteiger partial charge in [-0.3, -0.25) is 9.59 Å². The molecule has 1 aliphatic heterocycles. The van der Waals surface area contributed by atoms with Crippen molar-refractivity contribution < 1.29 is 18.7 Å². The number of carbonyl (C=O) groups excluding carboxylic acids is 2. The number of rotatable bonds is 5. The summed E-state index contributed by atoms with van der Waals surface area (Å²) >= 11 is 16.5. The Balaban J connectivity index is 1.55. The first-order valence-electron chi connectivity index (χ1n) is 9.22. The molecule has 4 rings (SSSR count). The van der Waals surface area contributed by atoms with Crippen molar-refractivity contribution in [1.82, 2.24) is 0 Å². The normalized spacial score (nSPS) is 15.0. The maximum Gasteiger partial charge on any atom is 0.298 e. The lowest BCUT2D eigenvalue weighted by atomic mass is 10.2. The van der Waals surface area contributed by atoms with Gasteiger partial charge in [0.25, 0.3) is 11.1 Å². The number of benzene rings is 3. The summed E-state index contributed by atoms with van der Waals surface area (Å²) in [6.45, 7) is 0.00429. The standard InChI is InChI=1S/C23H13BrCl2FNO3S/c24-17-9-13(10-18(26)21(17)31-12-14-3-1-2-4-19(14)27)11-20-22(29)28(23(30)32-20)16-7-5-15(25)6-8-16/h1-11H,12H2/b20-11+. The molecular formula is C23H13BrCl2FNO3S. The Labute approximate surface area is 206 Å². The van der Waals surface area contributed by atoms with Crippen LogP contribution in [0.3, 0.4) is 0 Å². The van der Waals surface area contributed by atoms with Crippen LogP contribution in [-0.4, -0.2) is 11.1 Å². The van der Waals surface area contributed by atoms with Crippen molar-refractivity contribution in [2.75, 3.05) is 4.90 Å². The Hall–Kier alpha value is -2.32. The molecule has 1 fully saturated rings. The summed E-state index contributed by atoms with van der Waals surface area (Å²) in [5, 5.41) is 0.380. The van der Waals surface area contributed by atoms with Gasteiger partial charge in [-0.15, -0.1) is 0 Å². The molecule has 1 heterocycles. The molecule has 0 aliphatic carbocycles. The lowest BCUT2D eigenvalue weighted by Gasteiger charge is -2.12. The zero-order chi connectivity index (χ0) is 22.8. The first-order valence-corrected chi connectivity index (χ1v) is 11.6. The number of ether oxygens (including phenoxy) is 1. The van der Waals surface area contributed by atoms with Crippen LogP contribution in [0.5, 0.6) is 5.75 Å². The van der Waals surface area contributed by atoms with Crippen molar-refractivity contribution in [3.05, 3.63) is 97.0 Å². The summed E-state index contributed by atoms with van der Waals surface area (Å²) in [6, 6.07) is 16.1. The van der Waals surface area contributed by atoms with Crippen molar-refractivity contribution in [1.29, 1.82) is 0 Å². The highest BCUT2D eigenvalue weighted by molar-refractivity contribution is 9.10. The molecule has 32 heavy (non-hydrogen) atoms. The van der Waals surface area contributed by atoms with Crippen LogP contribution in [0, 0.1) is 5.82 Å². The zero-order valence-electron chi connectivity index (χ0n) is 16.2. The Morgan fingerprint density at radius 1 is 1.06 bits per heavy atom. The molecule has 0 aromatic heterocycles. The summed E-state index contributed by atoms with van der Waals surface area (Å²) < 4.78 is 20.1. The number of anilines is 1. The van der Waals surface area contributed by atoms with E-state index in [2.05, 4.69) is 15.9 Å². The number of thioether (sulfide) groups is 1. The lowest BCUT2D eigenvalue weighted by molar-refractivity contribution is -0.113.